The fourth-order valence-electron chi connectivity index (χ4n) is 2.57. The average molecular weight is 387 g/mol. The van der Waals surface area contributed by atoms with Crippen LogP contribution >= 0.6 is 11.6 Å². The SMILES string of the molecule is CCN(C(c1ccc(Cl)cc1)C(F)(F)F)S(=O)(=O)N1CCOCC1. The van der Waals surface area contributed by atoms with Crippen LogP contribution < -0.4 is 0 Å². The van der Waals surface area contributed by atoms with Gasteiger partial charge in [0.2, 0.25) is 0 Å². The molecule has 0 aliphatic carbocycles. The molecular weight excluding hydrogens is 369 g/mol. The number of halogens is 4. The number of rotatable bonds is 5. The molecule has 1 aromatic carbocycles. The minimum atomic E-state index is -4.76. The van der Waals surface area contributed by atoms with E-state index >= 15 is 0 Å². The molecule has 5 nitrogen and oxygen atoms in total. The van der Waals surface area contributed by atoms with Gasteiger partial charge in [-0.2, -0.15) is 30.2 Å². The molecular formula is C14H18ClF3N2O3S. The maximum Gasteiger partial charge on any atom is 0.409 e. The predicted octanol–water partition coefficient (Wildman–Crippen LogP) is 2.84. The second-order valence-electron chi connectivity index (χ2n) is 5.22. The first-order chi connectivity index (χ1) is 11.2. The molecule has 2 rings (SSSR count). The predicted molar refractivity (Wildman–Crippen MR) is 83.9 cm³/mol. The van der Waals surface area contributed by atoms with E-state index < -0.39 is 22.4 Å². The first-order valence-corrected chi connectivity index (χ1v) is 9.12. The molecule has 0 amide bonds. The highest BCUT2D eigenvalue weighted by atomic mass is 35.5. The molecule has 1 aromatic rings. The van der Waals surface area contributed by atoms with Crippen molar-refractivity contribution in [2.24, 2.45) is 0 Å². The number of hydrogen-bond donors (Lipinski definition) is 0. The third kappa shape index (κ3) is 4.20. The van der Waals surface area contributed by atoms with Crippen LogP contribution in [0.3, 0.4) is 0 Å². The highest BCUT2D eigenvalue weighted by Crippen LogP contribution is 2.40. The Morgan fingerprint density at radius 3 is 2.25 bits per heavy atom. The summed E-state index contributed by atoms with van der Waals surface area (Å²) in [5, 5.41) is 0.277. The van der Waals surface area contributed by atoms with Gasteiger partial charge in [-0.15, -0.1) is 0 Å². The van der Waals surface area contributed by atoms with Gasteiger partial charge in [-0.1, -0.05) is 30.7 Å². The molecule has 1 fully saturated rings. The average Bonchev–Trinajstić information content (AvgIpc) is 2.53. The van der Waals surface area contributed by atoms with Gasteiger partial charge in [0.15, 0.2) is 0 Å². The van der Waals surface area contributed by atoms with Gasteiger partial charge in [0.1, 0.15) is 6.04 Å². The number of alkyl halides is 3. The second kappa shape index (κ2) is 7.57. The molecule has 0 bridgehead atoms. The van der Waals surface area contributed by atoms with Crippen LogP contribution in [0.5, 0.6) is 0 Å². The van der Waals surface area contributed by atoms with E-state index in [1.54, 1.807) is 0 Å². The third-order valence-electron chi connectivity index (χ3n) is 3.69. The largest absolute Gasteiger partial charge is 0.409 e. The second-order valence-corrected chi connectivity index (χ2v) is 7.54. The Morgan fingerprint density at radius 2 is 1.79 bits per heavy atom. The fraction of sp³-hybridized carbons (Fsp3) is 0.571. The smallest absolute Gasteiger partial charge is 0.379 e. The Labute approximate surface area is 144 Å². The third-order valence-corrected chi connectivity index (χ3v) is 6.02. The number of benzene rings is 1. The Bertz CT molecular complexity index is 646. The summed E-state index contributed by atoms with van der Waals surface area (Å²) >= 11 is 5.72. The van der Waals surface area contributed by atoms with Crippen LogP contribution in [-0.4, -0.2) is 56.1 Å². The molecule has 0 radical (unpaired) electrons. The van der Waals surface area contributed by atoms with Crippen molar-refractivity contribution in [1.29, 1.82) is 0 Å². The van der Waals surface area contributed by atoms with E-state index in [9.17, 15) is 21.6 Å². The molecule has 0 aromatic heterocycles. The van der Waals surface area contributed by atoms with Gasteiger partial charge in [0.05, 0.1) is 13.2 Å². The van der Waals surface area contributed by atoms with Gasteiger partial charge < -0.3 is 4.74 Å². The minimum Gasteiger partial charge on any atom is -0.379 e. The molecule has 1 heterocycles. The van der Waals surface area contributed by atoms with Crippen LogP contribution in [0, 0.1) is 0 Å². The molecule has 1 saturated heterocycles. The van der Waals surface area contributed by atoms with E-state index in [0.717, 1.165) is 4.31 Å². The van der Waals surface area contributed by atoms with E-state index in [1.165, 1.54) is 31.2 Å². The fourth-order valence-corrected chi connectivity index (χ4v) is 4.44. The molecule has 10 heteroatoms. The molecule has 136 valence electrons. The first kappa shape index (κ1) is 19.5. The van der Waals surface area contributed by atoms with E-state index in [2.05, 4.69) is 0 Å². The lowest BCUT2D eigenvalue weighted by atomic mass is 10.1. The summed E-state index contributed by atoms with van der Waals surface area (Å²) in [7, 11) is -4.28. The summed E-state index contributed by atoms with van der Waals surface area (Å²) in [6.45, 7) is 1.45. The van der Waals surface area contributed by atoms with Gasteiger partial charge in [-0.05, 0) is 17.7 Å². The maximum absolute atomic E-state index is 13.7. The van der Waals surface area contributed by atoms with Crippen LogP contribution in [-0.2, 0) is 14.9 Å². The van der Waals surface area contributed by atoms with Crippen LogP contribution in [0.1, 0.15) is 18.5 Å². The lowest BCUT2D eigenvalue weighted by Crippen LogP contribution is -2.52. The summed E-state index contributed by atoms with van der Waals surface area (Å²) in [5.41, 5.74) is -0.175. The van der Waals surface area contributed by atoms with Crippen molar-refractivity contribution < 1.29 is 26.3 Å². The summed E-state index contributed by atoms with van der Waals surface area (Å²) in [6, 6.07) is 2.73. The number of hydrogen-bond acceptors (Lipinski definition) is 3. The summed E-state index contributed by atoms with van der Waals surface area (Å²) in [5.74, 6) is 0. The van der Waals surface area contributed by atoms with Crippen molar-refractivity contribution in [1.82, 2.24) is 8.61 Å². The summed E-state index contributed by atoms with van der Waals surface area (Å²) < 4.78 is 73.0. The highest BCUT2D eigenvalue weighted by molar-refractivity contribution is 7.86. The zero-order valence-corrected chi connectivity index (χ0v) is 14.5. The Balaban J connectivity index is 2.43. The molecule has 1 aliphatic rings. The molecule has 0 spiro atoms. The van der Waals surface area contributed by atoms with Crippen molar-refractivity contribution in [3.63, 3.8) is 0 Å². The first-order valence-electron chi connectivity index (χ1n) is 7.34. The Kier molecular flexibility index (Phi) is 6.14. The van der Waals surface area contributed by atoms with E-state index in [-0.39, 0.29) is 43.4 Å². The summed E-state index contributed by atoms with van der Waals surface area (Å²) in [6.07, 6.45) is -4.76. The van der Waals surface area contributed by atoms with E-state index in [0.29, 0.717) is 4.31 Å². The number of morpholine rings is 1. The van der Waals surface area contributed by atoms with Crippen LogP contribution in [0.15, 0.2) is 24.3 Å². The number of nitrogens with zero attached hydrogens (tertiary/aromatic N) is 2. The van der Waals surface area contributed by atoms with Crippen molar-refractivity contribution in [3.8, 4) is 0 Å². The molecule has 1 atom stereocenters. The van der Waals surface area contributed by atoms with Crippen LogP contribution in [0.4, 0.5) is 13.2 Å². The lowest BCUT2D eigenvalue weighted by Gasteiger charge is -2.36. The van der Waals surface area contributed by atoms with Gasteiger partial charge in [-0.3, -0.25) is 0 Å². The molecule has 0 saturated carbocycles. The number of ether oxygens (including phenoxy) is 1. The zero-order valence-electron chi connectivity index (χ0n) is 13.0. The van der Waals surface area contributed by atoms with Crippen LogP contribution in [0.25, 0.3) is 0 Å². The quantitative estimate of drug-likeness (QED) is 0.782. The normalized spacial score (nSPS) is 18.8. The standard InChI is InChI=1S/C14H18ClF3N2O3S/c1-2-20(24(21,22)19-7-9-23-10-8-19)13(14(16,17)18)11-3-5-12(15)6-4-11/h3-6,13H,2,7-10H2,1H3. The van der Waals surface area contributed by atoms with Gasteiger partial charge >= 0.3 is 6.18 Å². The van der Waals surface area contributed by atoms with E-state index in [1.807, 2.05) is 0 Å². The monoisotopic (exact) mass is 386 g/mol. The highest BCUT2D eigenvalue weighted by Gasteiger charge is 2.49. The molecule has 1 aliphatic heterocycles. The Morgan fingerprint density at radius 1 is 1.25 bits per heavy atom. The lowest BCUT2D eigenvalue weighted by molar-refractivity contribution is -0.174. The van der Waals surface area contributed by atoms with Crippen molar-refractivity contribution in [2.75, 3.05) is 32.8 Å². The van der Waals surface area contributed by atoms with Crippen molar-refractivity contribution in [3.05, 3.63) is 34.9 Å². The minimum absolute atomic E-state index is 0.0318. The zero-order chi connectivity index (χ0) is 18.0. The van der Waals surface area contributed by atoms with Crippen molar-refractivity contribution in [2.45, 2.75) is 19.1 Å². The van der Waals surface area contributed by atoms with E-state index in [4.69, 9.17) is 16.3 Å². The Hall–Kier alpha value is -0.870. The van der Waals surface area contributed by atoms with Gasteiger partial charge in [0.25, 0.3) is 10.2 Å². The van der Waals surface area contributed by atoms with Gasteiger partial charge in [0, 0.05) is 24.7 Å². The summed E-state index contributed by atoms with van der Waals surface area (Å²) in [4.78, 5) is 0. The maximum atomic E-state index is 13.7. The molecule has 24 heavy (non-hydrogen) atoms. The van der Waals surface area contributed by atoms with Gasteiger partial charge in [-0.25, -0.2) is 0 Å². The van der Waals surface area contributed by atoms with Crippen LogP contribution in [0.2, 0.25) is 5.02 Å². The molecule has 0 N–H and O–H groups in total. The topological polar surface area (TPSA) is 49.9 Å². The van der Waals surface area contributed by atoms with Crippen molar-refractivity contribution >= 4 is 21.8 Å². The molecule has 1 unspecified atom stereocenters.